The summed E-state index contributed by atoms with van der Waals surface area (Å²) < 4.78 is 0.443. The molecule has 0 rings (SSSR count). The minimum atomic E-state index is 0.443. The molecule has 0 fully saturated rings. The number of hydrogen-bond donors (Lipinski definition) is 1. The van der Waals surface area contributed by atoms with Gasteiger partial charge in [0.25, 0.3) is 0 Å². The molecule has 0 saturated heterocycles. The van der Waals surface area contributed by atoms with Crippen molar-refractivity contribution >= 4 is 4.57 Å². The van der Waals surface area contributed by atoms with Gasteiger partial charge in [-0.05, 0) is 0 Å². The van der Waals surface area contributed by atoms with E-state index >= 15 is 0 Å². The Morgan fingerprint density at radius 2 is 2.12 bits per heavy atom. The van der Waals surface area contributed by atoms with Crippen LogP contribution in [0.5, 0.6) is 0 Å². The molecule has 1 N–H and O–H groups in total. The number of aliphatic hydroxyl groups excluding tert-OH is 1. The molecule has 0 aromatic rings. The zero-order valence-electron chi connectivity index (χ0n) is 5.18. The quantitative estimate of drug-likeness (QED) is 0.607. The summed E-state index contributed by atoms with van der Waals surface area (Å²) in [6, 6.07) is 0. The monoisotopic (exact) mass is 152 g/mol. The summed E-state index contributed by atoms with van der Waals surface area (Å²) >= 11 is 2.57. The van der Waals surface area contributed by atoms with Gasteiger partial charge in [-0.1, -0.05) is 0 Å². The molecule has 0 aromatic carbocycles. The maximum atomic E-state index is 8.64. The molecule has 0 aromatic heterocycles. The maximum absolute atomic E-state index is 8.64. The molecule has 0 bridgehead atoms. The van der Waals surface area contributed by atoms with Gasteiger partial charge in [0.15, 0.2) is 0 Å². The van der Waals surface area contributed by atoms with Crippen LogP contribution < -0.4 is 0 Å². The Bertz CT molecular complexity index is 70.9. The topological polar surface area (TPSA) is 20.2 Å². The van der Waals surface area contributed by atoms with Gasteiger partial charge in [0.05, 0.1) is 0 Å². The summed E-state index contributed by atoms with van der Waals surface area (Å²) in [5.41, 5.74) is 0. The molecule has 0 atom stereocenters. The van der Waals surface area contributed by atoms with Gasteiger partial charge in [0.1, 0.15) is 0 Å². The van der Waals surface area contributed by atoms with Crippen molar-refractivity contribution in [1.29, 1.82) is 0 Å². The number of hydrogen-bond acceptors (Lipinski definition) is 1. The minimum absolute atomic E-state index is 0.443. The van der Waals surface area contributed by atoms with Crippen LogP contribution >= 0.6 is 0 Å². The normalized spacial score (nSPS) is 9.25. The first kappa shape index (κ1) is 8.36. The molecule has 0 heterocycles. The molecule has 1 nitrogen and oxygen atoms in total. The molecule has 0 radical (unpaired) electrons. The van der Waals surface area contributed by atoms with Gasteiger partial charge in [-0.2, -0.15) is 0 Å². The molecular weight excluding hydrogens is 140 g/mol. The Balaban J connectivity index is 2.82. The van der Waals surface area contributed by atoms with Gasteiger partial charge in [0.2, 0.25) is 0 Å². The van der Waals surface area contributed by atoms with Gasteiger partial charge in [0, 0.05) is 0 Å². The Morgan fingerprint density at radius 3 is 2.50 bits per heavy atom. The summed E-state index contributed by atoms with van der Waals surface area (Å²) in [6.45, 7) is 2.15. The number of unbranched alkanes of at least 4 members (excludes halogenated alkanes) is 2. The predicted octanol–water partition coefficient (Wildman–Crippen LogP) is 1.62. The summed E-state index contributed by atoms with van der Waals surface area (Å²) in [6.07, 6.45) is 4.36. The zero-order chi connectivity index (χ0) is 6.41. The SMILES string of the molecule is CCCCC[C](O)=[Cr]. The molecule has 0 aliphatic rings. The fraction of sp³-hybridized carbons (Fsp3) is 0.833. The summed E-state index contributed by atoms with van der Waals surface area (Å²) in [5, 5.41) is 8.64. The van der Waals surface area contributed by atoms with Crippen molar-refractivity contribution in [3.8, 4) is 0 Å². The van der Waals surface area contributed by atoms with Crippen molar-refractivity contribution in [3.63, 3.8) is 0 Å². The molecule has 8 heavy (non-hydrogen) atoms. The van der Waals surface area contributed by atoms with Crippen molar-refractivity contribution in [1.82, 2.24) is 0 Å². The fourth-order valence-corrected chi connectivity index (χ4v) is 0.752. The van der Waals surface area contributed by atoms with E-state index in [1.807, 2.05) is 0 Å². The van der Waals surface area contributed by atoms with Crippen LogP contribution in [0.4, 0.5) is 0 Å². The van der Waals surface area contributed by atoms with E-state index in [9.17, 15) is 0 Å². The van der Waals surface area contributed by atoms with Crippen LogP contribution in [0.3, 0.4) is 0 Å². The molecule has 0 unspecified atom stereocenters. The first-order chi connectivity index (χ1) is 3.77. The summed E-state index contributed by atoms with van der Waals surface area (Å²) in [7, 11) is 0. The Morgan fingerprint density at radius 1 is 1.50 bits per heavy atom. The van der Waals surface area contributed by atoms with Crippen LogP contribution in [0.1, 0.15) is 32.6 Å². The zero-order valence-corrected chi connectivity index (χ0v) is 6.46. The van der Waals surface area contributed by atoms with E-state index in [0.717, 1.165) is 12.8 Å². The van der Waals surface area contributed by atoms with E-state index in [2.05, 4.69) is 22.8 Å². The molecule has 2 heteroatoms. The van der Waals surface area contributed by atoms with Crippen molar-refractivity contribution < 1.29 is 21.0 Å². The average Bonchev–Trinajstić information content (AvgIpc) is 1.66. The van der Waals surface area contributed by atoms with Crippen molar-refractivity contribution in [2.45, 2.75) is 32.6 Å². The average molecular weight is 152 g/mol. The first-order valence-corrected chi connectivity index (χ1v) is 3.63. The number of aliphatic hydroxyl groups is 1. The van der Waals surface area contributed by atoms with Gasteiger partial charge in [-0.3, -0.25) is 0 Å². The van der Waals surface area contributed by atoms with Crippen LogP contribution in [0, 0.1) is 0 Å². The van der Waals surface area contributed by atoms with Gasteiger partial charge < -0.3 is 0 Å². The third-order valence-electron chi connectivity index (χ3n) is 0.994. The van der Waals surface area contributed by atoms with Crippen molar-refractivity contribution in [2.75, 3.05) is 0 Å². The molecule has 0 amide bonds. The molecule has 0 aliphatic carbocycles. The third-order valence-corrected chi connectivity index (χ3v) is 1.31. The summed E-state index contributed by atoms with van der Waals surface area (Å²) in [5.74, 6) is 0. The van der Waals surface area contributed by atoms with Crippen LogP contribution in [-0.2, 0) is 15.9 Å². The van der Waals surface area contributed by atoms with Gasteiger partial charge >= 0.3 is 58.1 Å². The first-order valence-electron chi connectivity index (χ1n) is 2.99. The van der Waals surface area contributed by atoms with Crippen LogP contribution in [0.25, 0.3) is 0 Å². The van der Waals surface area contributed by atoms with E-state index in [0.29, 0.717) is 4.57 Å². The fourth-order valence-electron chi connectivity index (χ4n) is 0.526. The Labute approximate surface area is 58.7 Å². The van der Waals surface area contributed by atoms with Gasteiger partial charge in [-0.15, -0.1) is 0 Å². The molecule has 48 valence electrons. The van der Waals surface area contributed by atoms with Crippen LogP contribution in [0.2, 0.25) is 0 Å². The van der Waals surface area contributed by atoms with Crippen molar-refractivity contribution in [2.24, 2.45) is 0 Å². The summed E-state index contributed by atoms with van der Waals surface area (Å²) in [4.78, 5) is 0. The number of rotatable bonds is 4. The molecule has 0 saturated carbocycles. The van der Waals surface area contributed by atoms with Crippen LogP contribution in [0.15, 0.2) is 0 Å². The van der Waals surface area contributed by atoms with Gasteiger partial charge in [-0.25, -0.2) is 0 Å². The second kappa shape index (κ2) is 5.50. The van der Waals surface area contributed by atoms with Crippen molar-refractivity contribution in [3.05, 3.63) is 0 Å². The Kier molecular flexibility index (Phi) is 5.75. The van der Waals surface area contributed by atoms with E-state index in [-0.39, 0.29) is 0 Å². The second-order valence-electron chi connectivity index (χ2n) is 1.85. The van der Waals surface area contributed by atoms with Crippen LogP contribution in [-0.4, -0.2) is 9.67 Å². The second-order valence-corrected chi connectivity index (χ2v) is 2.59. The van der Waals surface area contributed by atoms with E-state index in [4.69, 9.17) is 5.11 Å². The molecular formula is C6H12CrO. The standard InChI is InChI=1S/C6H12O.Cr/c1-2-3-4-5-6-7;/h7H,2-5H2,1H3;. The third kappa shape index (κ3) is 6.36. The molecule has 0 aliphatic heterocycles. The van der Waals surface area contributed by atoms with E-state index < -0.39 is 0 Å². The predicted molar refractivity (Wildman–Crippen MR) is 31.1 cm³/mol. The Hall–Kier alpha value is 0.362. The molecule has 0 spiro atoms. The van der Waals surface area contributed by atoms with E-state index in [1.54, 1.807) is 0 Å². The van der Waals surface area contributed by atoms with E-state index in [1.165, 1.54) is 12.8 Å².